The van der Waals surface area contributed by atoms with E-state index < -0.39 is 64.5 Å². The highest BCUT2D eigenvalue weighted by atomic mass is 16.5. The number of phenolic OH excluding ortho intramolecular Hbond substituents is 1. The second-order valence-electron chi connectivity index (χ2n) is 11.1. The van der Waals surface area contributed by atoms with E-state index in [1.165, 1.54) is 0 Å². The molecule has 1 aromatic carbocycles. The number of carbonyl (C=O) groups is 4. The van der Waals surface area contributed by atoms with Crippen molar-refractivity contribution in [1.29, 1.82) is 0 Å². The summed E-state index contributed by atoms with van der Waals surface area (Å²) in [5, 5.41) is 46.8. The predicted molar refractivity (Wildman–Crippen MR) is 143 cm³/mol. The maximum absolute atomic E-state index is 13.9. The largest absolute Gasteiger partial charge is 0.508 e. The van der Waals surface area contributed by atoms with Gasteiger partial charge in [-0.1, -0.05) is 19.8 Å². The zero-order valence-corrected chi connectivity index (χ0v) is 22.9. The van der Waals surface area contributed by atoms with Crippen molar-refractivity contribution in [1.82, 2.24) is 5.32 Å². The smallest absolute Gasteiger partial charge is 0.407 e. The monoisotopic (exact) mass is 559 g/mol. The van der Waals surface area contributed by atoms with Crippen LogP contribution in [0.4, 0.5) is 10.5 Å². The number of Topliss-reactive ketones (excluding diaryl/α,β-unsaturated/α-hetero) is 2. The van der Waals surface area contributed by atoms with Crippen LogP contribution in [0.3, 0.4) is 0 Å². The molecule has 1 saturated carbocycles. The molecule has 1 aromatic rings. The molecule has 0 aliphatic heterocycles. The maximum Gasteiger partial charge on any atom is 0.407 e. The van der Waals surface area contributed by atoms with E-state index in [0.29, 0.717) is 11.3 Å². The average molecular weight is 560 g/mol. The molecule has 2 unspecified atom stereocenters. The Labute approximate surface area is 231 Å². The third-order valence-electron chi connectivity index (χ3n) is 8.33. The van der Waals surface area contributed by atoms with Crippen molar-refractivity contribution in [3.05, 3.63) is 34.1 Å². The van der Waals surface area contributed by atoms with Crippen LogP contribution >= 0.6 is 0 Å². The fourth-order valence-corrected chi connectivity index (χ4v) is 6.30. The lowest BCUT2D eigenvalue weighted by molar-refractivity contribution is -0.167. The fourth-order valence-electron chi connectivity index (χ4n) is 6.30. The number of phenols is 1. The van der Waals surface area contributed by atoms with Crippen LogP contribution in [0.15, 0.2) is 17.4 Å². The number of hydrogen-bond donors (Lipinski definition) is 6. The quantitative estimate of drug-likeness (QED) is 0.199. The topological polar surface area (TPSA) is 200 Å². The van der Waals surface area contributed by atoms with Crippen LogP contribution in [0.2, 0.25) is 0 Å². The molecule has 0 spiro atoms. The number of aromatic hydroxyl groups is 1. The Kier molecular flexibility index (Phi) is 8.13. The van der Waals surface area contributed by atoms with E-state index in [1.54, 1.807) is 25.1 Å². The van der Waals surface area contributed by atoms with Crippen LogP contribution in [0.25, 0.3) is 0 Å². The zero-order chi connectivity index (χ0) is 29.5. The van der Waals surface area contributed by atoms with Crippen molar-refractivity contribution < 1.29 is 44.3 Å². The van der Waals surface area contributed by atoms with E-state index >= 15 is 0 Å². The number of ether oxygens (including phenoxy) is 1. The van der Waals surface area contributed by atoms with Gasteiger partial charge in [-0.25, -0.2) is 4.79 Å². The van der Waals surface area contributed by atoms with E-state index in [9.17, 15) is 39.6 Å². The number of amides is 2. The minimum Gasteiger partial charge on any atom is -0.508 e. The number of ketones is 2. The number of anilines is 1. The first-order valence-corrected chi connectivity index (χ1v) is 13.5. The molecular formula is C28H37N3O9. The Bertz CT molecular complexity index is 1270. The molecular weight excluding hydrogens is 522 g/mol. The number of aliphatic hydroxyl groups is 3. The minimum absolute atomic E-state index is 0.0795. The number of primary amides is 1. The predicted octanol–water partition coefficient (Wildman–Crippen LogP) is 1.23. The maximum atomic E-state index is 13.9. The number of nitrogens with one attached hydrogen (secondary N) is 1. The summed E-state index contributed by atoms with van der Waals surface area (Å²) < 4.78 is 5.15. The number of allylic oxidation sites excluding steroid dienone is 1. The van der Waals surface area contributed by atoms with Crippen molar-refractivity contribution in [3.8, 4) is 5.75 Å². The number of alkyl carbamates (subject to hydrolysis) is 1. The third kappa shape index (κ3) is 4.79. The molecule has 218 valence electrons. The Morgan fingerprint density at radius 1 is 1.20 bits per heavy atom. The molecule has 4 rings (SSSR count). The molecule has 0 bridgehead atoms. The van der Waals surface area contributed by atoms with Gasteiger partial charge in [0.2, 0.25) is 5.91 Å². The molecule has 5 atom stereocenters. The second kappa shape index (κ2) is 11.1. The lowest BCUT2D eigenvalue weighted by Gasteiger charge is -2.48. The Hall–Kier alpha value is -3.64. The van der Waals surface area contributed by atoms with Gasteiger partial charge in [-0.2, -0.15) is 0 Å². The summed E-state index contributed by atoms with van der Waals surface area (Å²) in [4.78, 5) is 52.8. The highest BCUT2D eigenvalue weighted by molar-refractivity contribution is 6.16. The van der Waals surface area contributed by atoms with Gasteiger partial charge < -0.3 is 41.1 Å². The molecule has 1 fully saturated rings. The van der Waals surface area contributed by atoms with Crippen molar-refractivity contribution in [2.24, 2.45) is 23.5 Å². The highest BCUT2D eigenvalue weighted by Crippen LogP contribution is 2.52. The summed E-state index contributed by atoms with van der Waals surface area (Å²) in [6.07, 6.45) is 0.628. The first-order chi connectivity index (χ1) is 18.8. The van der Waals surface area contributed by atoms with Crippen LogP contribution < -0.4 is 16.0 Å². The Morgan fingerprint density at radius 3 is 2.52 bits per heavy atom. The van der Waals surface area contributed by atoms with Crippen LogP contribution in [-0.2, 0) is 27.3 Å². The molecule has 0 saturated heterocycles. The van der Waals surface area contributed by atoms with E-state index in [2.05, 4.69) is 5.32 Å². The summed E-state index contributed by atoms with van der Waals surface area (Å²) in [6.45, 7) is 2.14. The van der Waals surface area contributed by atoms with Crippen LogP contribution in [0, 0.1) is 17.8 Å². The van der Waals surface area contributed by atoms with Crippen molar-refractivity contribution in [3.63, 3.8) is 0 Å². The van der Waals surface area contributed by atoms with Crippen molar-refractivity contribution in [2.75, 3.05) is 25.6 Å². The number of unbranched alkanes of at least 4 members (excludes halogenated alkanes) is 2. The third-order valence-corrected chi connectivity index (χ3v) is 8.33. The van der Waals surface area contributed by atoms with Gasteiger partial charge >= 0.3 is 6.09 Å². The Morgan fingerprint density at radius 2 is 1.90 bits per heavy atom. The zero-order valence-electron chi connectivity index (χ0n) is 22.9. The van der Waals surface area contributed by atoms with E-state index in [0.717, 1.165) is 19.3 Å². The molecule has 40 heavy (non-hydrogen) atoms. The number of carbonyl (C=O) groups excluding carboxylic acids is 4. The summed E-state index contributed by atoms with van der Waals surface area (Å²) in [7, 11) is 3.53. The van der Waals surface area contributed by atoms with Crippen molar-refractivity contribution in [2.45, 2.75) is 63.7 Å². The van der Waals surface area contributed by atoms with Crippen molar-refractivity contribution >= 4 is 29.3 Å². The van der Waals surface area contributed by atoms with E-state index in [-0.39, 0.29) is 49.1 Å². The number of nitrogens with two attached hydrogens (primary N) is 1. The van der Waals surface area contributed by atoms with Gasteiger partial charge in [0.15, 0.2) is 17.2 Å². The number of nitrogens with zero attached hydrogens (tertiary/aromatic N) is 1. The Balaban J connectivity index is 1.72. The SMILES string of the molecule is CCCCCOC(=O)NCc1cc(N(C)C)c2c(c1O)C(=O)C1=C(O)[C@]3(O)C(=O)C(C(N)=O)C(O)C[C@@H]3C[C@@H]1C2. The minimum atomic E-state index is -2.57. The van der Waals surface area contributed by atoms with Gasteiger partial charge in [-0.05, 0) is 43.2 Å². The number of aliphatic hydroxyl groups excluding tert-OH is 2. The summed E-state index contributed by atoms with van der Waals surface area (Å²) in [6, 6.07) is 1.66. The average Bonchev–Trinajstić information content (AvgIpc) is 2.87. The van der Waals surface area contributed by atoms with Gasteiger partial charge in [0, 0.05) is 43.4 Å². The van der Waals surface area contributed by atoms with Gasteiger partial charge in [0.05, 0.1) is 18.3 Å². The lowest BCUT2D eigenvalue weighted by Crippen LogP contribution is -2.63. The fraction of sp³-hybridized carbons (Fsp3) is 0.571. The summed E-state index contributed by atoms with van der Waals surface area (Å²) in [5.74, 6) is -7.64. The first kappa shape index (κ1) is 29.3. The van der Waals surface area contributed by atoms with Gasteiger partial charge in [0.25, 0.3) is 0 Å². The highest BCUT2D eigenvalue weighted by Gasteiger charge is 2.62. The molecule has 3 aliphatic carbocycles. The number of rotatable bonds is 8. The number of hydrogen-bond acceptors (Lipinski definition) is 10. The van der Waals surface area contributed by atoms with E-state index in [4.69, 9.17) is 10.5 Å². The standard InChI is InChI=1S/C28H37N3O9/c1-4-5-6-7-40-27(38)30-12-14-10-17(31(2)3)16-9-13-8-15-11-18(32)21(26(29)37)25(36)28(15,39)24(35)19(13)23(34)20(16)22(14)33/h10,13,15,18,21,32-33,35,39H,4-9,11-12H2,1-3H3,(H2,29,37)(H,30,38)/t13-,15+,18?,21?,28+/m1/s1. The van der Waals surface area contributed by atoms with Crippen LogP contribution in [0.1, 0.15) is 60.5 Å². The number of fused-ring (bicyclic) bond motifs is 3. The van der Waals surface area contributed by atoms with Crippen LogP contribution in [0.5, 0.6) is 5.75 Å². The van der Waals surface area contributed by atoms with E-state index in [1.807, 2.05) is 6.92 Å². The normalized spacial score (nSPS) is 27.4. The van der Waals surface area contributed by atoms with Gasteiger partial charge in [0.1, 0.15) is 17.4 Å². The van der Waals surface area contributed by atoms with Gasteiger partial charge in [-0.15, -0.1) is 0 Å². The summed E-state index contributed by atoms with van der Waals surface area (Å²) in [5.41, 5.74) is 3.76. The molecule has 12 heteroatoms. The molecule has 7 N–H and O–H groups in total. The second-order valence-corrected chi connectivity index (χ2v) is 11.1. The molecule has 0 aromatic heterocycles. The lowest BCUT2D eigenvalue weighted by atomic mass is 9.57. The summed E-state index contributed by atoms with van der Waals surface area (Å²) >= 11 is 0. The molecule has 0 heterocycles. The molecule has 3 aliphatic rings. The first-order valence-electron chi connectivity index (χ1n) is 13.5. The van der Waals surface area contributed by atoms with Gasteiger partial charge in [-0.3, -0.25) is 14.4 Å². The molecule has 2 amide bonds. The van der Waals surface area contributed by atoms with Crippen LogP contribution in [-0.4, -0.2) is 76.4 Å². The molecule has 12 nitrogen and oxygen atoms in total. The molecule has 0 radical (unpaired) electrons. The number of benzene rings is 1.